The largest absolute Gasteiger partial charge is 0.322 e. The van der Waals surface area contributed by atoms with E-state index in [2.05, 4.69) is 37.2 Å². The number of halogens is 2. The van der Waals surface area contributed by atoms with Crippen molar-refractivity contribution in [2.45, 2.75) is 6.92 Å². The molecule has 2 aromatic rings. The molecule has 18 heavy (non-hydrogen) atoms. The summed E-state index contributed by atoms with van der Waals surface area (Å²) in [6, 6.07) is 13.1. The second-order valence-electron chi connectivity index (χ2n) is 3.90. The first-order valence-corrected chi connectivity index (χ1v) is 6.98. The van der Waals surface area contributed by atoms with Gasteiger partial charge in [0.25, 0.3) is 5.91 Å². The molecule has 92 valence electrons. The van der Waals surface area contributed by atoms with Crippen LogP contribution in [0.1, 0.15) is 15.9 Å². The second-order valence-corrected chi connectivity index (χ2v) is 5.61. The molecule has 0 radical (unpaired) electrons. The highest BCUT2D eigenvalue weighted by Gasteiger charge is 2.11. The Kier molecular flexibility index (Phi) is 4.19. The van der Waals surface area contributed by atoms with Crippen molar-refractivity contribution in [1.82, 2.24) is 0 Å². The molecule has 4 heteroatoms. The Hall–Kier alpha value is -1.13. The Morgan fingerprint density at radius 3 is 2.39 bits per heavy atom. The number of hydrogen-bond donors (Lipinski definition) is 1. The summed E-state index contributed by atoms with van der Waals surface area (Å²) in [6.07, 6.45) is 0. The normalized spacial score (nSPS) is 10.2. The van der Waals surface area contributed by atoms with E-state index in [-0.39, 0.29) is 5.91 Å². The standard InChI is InChI=1S/C14H11Br2NO/c1-9-3-2-4-12(13(9)16)14(18)17-11-7-5-10(15)6-8-11/h2-8H,1H3,(H,17,18). The number of carbonyl (C=O) groups is 1. The third-order valence-electron chi connectivity index (χ3n) is 2.54. The van der Waals surface area contributed by atoms with E-state index in [1.165, 1.54) is 0 Å². The lowest BCUT2D eigenvalue weighted by Crippen LogP contribution is -2.12. The van der Waals surface area contributed by atoms with E-state index < -0.39 is 0 Å². The lowest BCUT2D eigenvalue weighted by atomic mass is 10.1. The average Bonchev–Trinajstić information content (AvgIpc) is 2.35. The quantitative estimate of drug-likeness (QED) is 0.812. The topological polar surface area (TPSA) is 29.1 Å². The lowest BCUT2D eigenvalue weighted by molar-refractivity contribution is 0.102. The van der Waals surface area contributed by atoms with Crippen LogP contribution >= 0.6 is 31.9 Å². The van der Waals surface area contributed by atoms with Crippen molar-refractivity contribution < 1.29 is 4.79 Å². The van der Waals surface area contributed by atoms with Crippen LogP contribution in [0.25, 0.3) is 0 Å². The molecule has 0 bridgehead atoms. The summed E-state index contributed by atoms with van der Waals surface area (Å²) in [5.41, 5.74) is 2.45. The molecule has 2 aromatic carbocycles. The van der Waals surface area contributed by atoms with Crippen LogP contribution < -0.4 is 5.32 Å². The average molecular weight is 369 g/mol. The molecular formula is C14H11Br2NO. The molecule has 2 rings (SSSR count). The zero-order valence-corrected chi connectivity index (χ0v) is 12.9. The van der Waals surface area contributed by atoms with Gasteiger partial charge in [-0.25, -0.2) is 0 Å². The number of carbonyl (C=O) groups excluding carboxylic acids is 1. The van der Waals surface area contributed by atoms with Gasteiger partial charge in [-0.05, 0) is 58.7 Å². The van der Waals surface area contributed by atoms with Crippen molar-refractivity contribution in [1.29, 1.82) is 0 Å². The summed E-state index contributed by atoms with van der Waals surface area (Å²) in [7, 11) is 0. The molecule has 0 aliphatic carbocycles. The van der Waals surface area contributed by atoms with E-state index in [0.717, 1.165) is 20.2 Å². The fourth-order valence-electron chi connectivity index (χ4n) is 1.55. The molecule has 0 fully saturated rings. The fourth-order valence-corrected chi connectivity index (χ4v) is 2.26. The third kappa shape index (κ3) is 3.00. The molecule has 0 atom stereocenters. The number of anilines is 1. The van der Waals surface area contributed by atoms with E-state index in [9.17, 15) is 4.79 Å². The number of benzene rings is 2. The van der Waals surface area contributed by atoms with Crippen molar-refractivity contribution in [2.24, 2.45) is 0 Å². The third-order valence-corrected chi connectivity index (χ3v) is 4.12. The van der Waals surface area contributed by atoms with E-state index in [1.807, 2.05) is 43.3 Å². The number of rotatable bonds is 2. The van der Waals surface area contributed by atoms with Crippen LogP contribution in [-0.4, -0.2) is 5.91 Å². The maximum Gasteiger partial charge on any atom is 0.256 e. The Morgan fingerprint density at radius 2 is 1.72 bits per heavy atom. The van der Waals surface area contributed by atoms with Crippen molar-refractivity contribution in [3.05, 3.63) is 62.5 Å². The summed E-state index contributed by atoms with van der Waals surface area (Å²) in [4.78, 5) is 12.1. The van der Waals surface area contributed by atoms with Crippen molar-refractivity contribution in [3.8, 4) is 0 Å². The minimum atomic E-state index is -0.118. The van der Waals surface area contributed by atoms with Gasteiger partial charge in [0, 0.05) is 14.6 Å². The van der Waals surface area contributed by atoms with Crippen LogP contribution in [0.15, 0.2) is 51.4 Å². The number of aryl methyl sites for hydroxylation is 1. The zero-order valence-electron chi connectivity index (χ0n) is 9.71. The Balaban J connectivity index is 2.22. The monoisotopic (exact) mass is 367 g/mol. The van der Waals surface area contributed by atoms with Crippen molar-refractivity contribution in [3.63, 3.8) is 0 Å². The van der Waals surface area contributed by atoms with Gasteiger partial charge in [0.2, 0.25) is 0 Å². The lowest BCUT2D eigenvalue weighted by Gasteiger charge is -2.08. The minimum Gasteiger partial charge on any atom is -0.322 e. The van der Waals surface area contributed by atoms with Gasteiger partial charge >= 0.3 is 0 Å². The Labute approximate surface area is 123 Å². The summed E-state index contributed by atoms with van der Waals surface area (Å²) in [6.45, 7) is 1.96. The molecule has 1 N–H and O–H groups in total. The van der Waals surface area contributed by atoms with E-state index >= 15 is 0 Å². The Morgan fingerprint density at radius 1 is 1.06 bits per heavy atom. The fraction of sp³-hybridized carbons (Fsp3) is 0.0714. The summed E-state index contributed by atoms with van der Waals surface area (Å²) in [5.74, 6) is -0.118. The van der Waals surface area contributed by atoms with Gasteiger partial charge in [0.05, 0.1) is 5.56 Å². The van der Waals surface area contributed by atoms with E-state index in [1.54, 1.807) is 6.07 Å². The molecular weight excluding hydrogens is 358 g/mol. The van der Waals surface area contributed by atoms with Crippen LogP contribution in [0.2, 0.25) is 0 Å². The molecule has 0 spiro atoms. The molecule has 0 saturated carbocycles. The molecule has 0 aromatic heterocycles. The molecule has 0 heterocycles. The van der Waals surface area contributed by atoms with Gasteiger partial charge in [-0.1, -0.05) is 28.1 Å². The molecule has 2 nitrogen and oxygen atoms in total. The highest BCUT2D eigenvalue weighted by atomic mass is 79.9. The summed E-state index contributed by atoms with van der Waals surface area (Å²) in [5, 5.41) is 2.86. The summed E-state index contributed by atoms with van der Waals surface area (Å²) < 4.78 is 1.82. The maximum atomic E-state index is 12.1. The maximum absolute atomic E-state index is 12.1. The van der Waals surface area contributed by atoms with Gasteiger partial charge < -0.3 is 5.32 Å². The van der Waals surface area contributed by atoms with E-state index in [0.29, 0.717) is 5.56 Å². The first-order chi connectivity index (χ1) is 8.58. The SMILES string of the molecule is Cc1cccc(C(=O)Nc2ccc(Br)cc2)c1Br. The number of nitrogens with one attached hydrogen (secondary N) is 1. The van der Waals surface area contributed by atoms with Crippen molar-refractivity contribution >= 4 is 43.5 Å². The van der Waals surface area contributed by atoms with Crippen LogP contribution in [0.3, 0.4) is 0 Å². The molecule has 1 amide bonds. The van der Waals surface area contributed by atoms with Gasteiger partial charge in [-0.15, -0.1) is 0 Å². The molecule has 0 saturated heterocycles. The van der Waals surface area contributed by atoms with Crippen LogP contribution in [0.5, 0.6) is 0 Å². The van der Waals surface area contributed by atoms with Crippen LogP contribution in [0, 0.1) is 6.92 Å². The van der Waals surface area contributed by atoms with Gasteiger partial charge in [-0.2, -0.15) is 0 Å². The van der Waals surface area contributed by atoms with E-state index in [4.69, 9.17) is 0 Å². The molecule has 0 unspecified atom stereocenters. The minimum absolute atomic E-state index is 0.118. The number of hydrogen-bond acceptors (Lipinski definition) is 1. The molecule has 0 aliphatic rings. The Bertz CT molecular complexity index is 579. The zero-order chi connectivity index (χ0) is 13.1. The second kappa shape index (κ2) is 5.67. The van der Waals surface area contributed by atoms with Gasteiger partial charge in [-0.3, -0.25) is 4.79 Å². The smallest absolute Gasteiger partial charge is 0.256 e. The molecule has 0 aliphatic heterocycles. The van der Waals surface area contributed by atoms with Crippen molar-refractivity contribution in [2.75, 3.05) is 5.32 Å². The predicted octanol–water partition coefficient (Wildman–Crippen LogP) is 4.77. The predicted molar refractivity (Wildman–Crippen MR) is 81.0 cm³/mol. The summed E-state index contributed by atoms with van der Waals surface area (Å²) >= 11 is 6.79. The van der Waals surface area contributed by atoms with Gasteiger partial charge in [0.1, 0.15) is 0 Å². The van der Waals surface area contributed by atoms with Crippen LogP contribution in [-0.2, 0) is 0 Å². The first-order valence-electron chi connectivity index (χ1n) is 5.40. The first kappa shape index (κ1) is 13.3. The number of amides is 1. The van der Waals surface area contributed by atoms with Crippen LogP contribution in [0.4, 0.5) is 5.69 Å². The highest BCUT2D eigenvalue weighted by Crippen LogP contribution is 2.22. The van der Waals surface area contributed by atoms with Gasteiger partial charge in [0.15, 0.2) is 0 Å². The highest BCUT2D eigenvalue weighted by molar-refractivity contribution is 9.10.